The van der Waals surface area contributed by atoms with Crippen LogP contribution in [0, 0.1) is 0 Å². The fourth-order valence-corrected chi connectivity index (χ4v) is 2.11. The number of ether oxygens (including phenoxy) is 1. The van der Waals surface area contributed by atoms with Crippen molar-refractivity contribution in [2.75, 3.05) is 38.2 Å². The highest BCUT2D eigenvalue weighted by Gasteiger charge is 2.19. The molecule has 1 aliphatic rings. The summed E-state index contributed by atoms with van der Waals surface area (Å²) in [6, 6.07) is 3.72. The molecule has 1 saturated heterocycles. The minimum Gasteiger partial charge on any atom is -0.378 e. The van der Waals surface area contributed by atoms with Gasteiger partial charge in [-0.15, -0.1) is 0 Å². The lowest BCUT2D eigenvalue weighted by Crippen LogP contribution is -2.40. The van der Waals surface area contributed by atoms with E-state index in [1.807, 2.05) is 30.9 Å². The molecule has 2 rings (SSSR count). The van der Waals surface area contributed by atoms with Crippen LogP contribution >= 0.6 is 0 Å². The van der Waals surface area contributed by atoms with E-state index in [2.05, 4.69) is 10.3 Å². The van der Waals surface area contributed by atoms with E-state index in [4.69, 9.17) is 4.74 Å². The number of pyridine rings is 1. The van der Waals surface area contributed by atoms with Crippen molar-refractivity contribution in [3.8, 4) is 0 Å². The molecule has 5 nitrogen and oxygen atoms in total. The van der Waals surface area contributed by atoms with Crippen LogP contribution in [0.3, 0.4) is 0 Å². The van der Waals surface area contributed by atoms with E-state index in [9.17, 15) is 4.79 Å². The molecule has 0 unspecified atom stereocenters. The van der Waals surface area contributed by atoms with Gasteiger partial charge in [0.05, 0.1) is 13.2 Å². The molecule has 0 bridgehead atoms. The molecule has 0 aliphatic carbocycles. The monoisotopic (exact) mass is 263 g/mol. The van der Waals surface area contributed by atoms with Crippen LogP contribution in [0.4, 0.5) is 5.82 Å². The van der Waals surface area contributed by atoms with Gasteiger partial charge in [0.25, 0.3) is 5.91 Å². The molecule has 0 spiro atoms. The van der Waals surface area contributed by atoms with Gasteiger partial charge in [-0.3, -0.25) is 4.79 Å². The number of morpholine rings is 1. The topological polar surface area (TPSA) is 54.5 Å². The Hall–Kier alpha value is -1.62. The molecule has 0 radical (unpaired) electrons. The van der Waals surface area contributed by atoms with Crippen molar-refractivity contribution in [3.63, 3.8) is 0 Å². The van der Waals surface area contributed by atoms with Crippen LogP contribution < -0.4 is 5.32 Å². The minimum absolute atomic E-state index is 0.0690. The Morgan fingerprint density at radius 1 is 1.37 bits per heavy atom. The molecule has 0 saturated carbocycles. The van der Waals surface area contributed by atoms with Gasteiger partial charge in [0.1, 0.15) is 5.82 Å². The van der Waals surface area contributed by atoms with Crippen LogP contribution in [0.25, 0.3) is 0 Å². The van der Waals surface area contributed by atoms with Gasteiger partial charge in [-0.25, -0.2) is 4.98 Å². The molecule has 104 valence electrons. The summed E-state index contributed by atoms with van der Waals surface area (Å²) in [5.41, 5.74) is 1.65. The third kappa shape index (κ3) is 3.44. The van der Waals surface area contributed by atoms with E-state index in [0.717, 1.165) is 24.5 Å². The number of hydrogen-bond acceptors (Lipinski definition) is 4. The lowest BCUT2D eigenvalue weighted by Gasteiger charge is -2.27. The van der Waals surface area contributed by atoms with Crippen LogP contribution in [-0.4, -0.2) is 48.6 Å². The number of hydrogen-bond donors (Lipinski definition) is 1. The summed E-state index contributed by atoms with van der Waals surface area (Å²) in [7, 11) is 0. The molecule has 1 aromatic rings. The number of carbonyl (C=O) groups is 1. The molecule has 1 N–H and O–H groups in total. The van der Waals surface area contributed by atoms with E-state index < -0.39 is 0 Å². The molecule has 1 fully saturated rings. The average molecular weight is 263 g/mol. The zero-order chi connectivity index (χ0) is 13.7. The van der Waals surface area contributed by atoms with Crippen molar-refractivity contribution >= 4 is 11.7 Å². The number of anilines is 1. The maximum absolute atomic E-state index is 12.4. The van der Waals surface area contributed by atoms with Gasteiger partial charge in [-0.2, -0.15) is 0 Å². The van der Waals surface area contributed by atoms with Gasteiger partial charge >= 0.3 is 0 Å². The van der Waals surface area contributed by atoms with Crippen molar-refractivity contribution < 1.29 is 9.53 Å². The first-order valence-corrected chi connectivity index (χ1v) is 6.86. The largest absolute Gasteiger partial charge is 0.378 e. The summed E-state index contributed by atoms with van der Waals surface area (Å²) < 4.78 is 5.27. The van der Waals surface area contributed by atoms with Gasteiger partial charge in [-0.1, -0.05) is 6.92 Å². The number of aromatic nitrogens is 1. The Labute approximate surface area is 114 Å². The second kappa shape index (κ2) is 6.52. The first kappa shape index (κ1) is 13.8. The molecular formula is C14H21N3O2. The third-order valence-electron chi connectivity index (χ3n) is 3.14. The maximum Gasteiger partial charge on any atom is 0.254 e. The summed E-state index contributed by atoms with van der Waals surface area (Å²) >= 11 is 0. The number of carbonyl (C=O) groups excluding carboxylic acids is 1. The molecule has 0 atom stereocenters. The number of aryl methyl sites for hydroxylation is 1. The summed E-state index contributed by atoms with van der Waals surface area (Å²) in [4.78, 5) is 18.7. The Morgan fingerprint density at radius 3 is 2.74 bits per heavy atom. The highest BCUT2D eigenvalue weighted by Crippen LogP contribution is 2.14. The van der Waals surface area contributed by atoms with Crippen LogP contribution in [0.2, 0.25) is 0 Å². The zero-order valence-electron chi connectivity index (χ0n) is 11.6. The second-order valence-corrected chi connectivity index (χ2v) is 4.52. The van der Waals surface area contributed by atoms with Gasteiger partial charge in [0.2, 0.25) is 0 Å². The first-order valence-electron chi connectivity index (χ1n) is 6.86. The molecule has 2 heterocycles. The lowest BCUT2D eigenvalue weighted by molar-refractivity contribution is 0.0303. The minimum atomic E-state index is 0.0690. The summed E-state index contributed by atoms with van der Waals surface area (Å²) in [6.07, 6.45) is 0.822. The highest BCUT2D eigenvalue weighted by molar-refractivity contribution is 5.95. The standard InChI is InChI=1S/C14H21N3O2/c1-3-12-9-11(10-13(16-12)15-4-2)14(18)17-5-7-19-8-6-17/h9-10H,3-8H2,1-2H3,(H,15,16). The Morgan fingerprint density at radius 2 is 2.11 bits per heavy atom. The SMILES string of the molecule is CCNc1cc(C(=O)N2CCOCC2)cc(CC)n1. The van der Waals surface area contributed by atoms with E-state index in [0.29, 0.717) is 31.9 Å². The highest BCUT2D eigenvalue weighted by atomic mass is 16.5. The lowest BCUT2D eigenvalue weighted by atomic mass is 10.1. The smallest absolute Gasteiger partial charge is 0.254 e. The molecule has 1 aliphatic heterocycles. The van der Waals surface area contributed by atoms with Gasteiger partial charge in [0.15, 0.2) is 0 Å². The molecule has 0 aromatic carbocycles. The van der Waals surface area contributed by atoms with Crippen LogP contribution in [0.15, 0.2) is 12.1 Å². The molecular weight excluding hydrogens is 242 g/mol. The van der Waals surface area contributed by atoms with E-state index in [-0.39, 0.29) is 5.91 Å². The van der Waals surface area contributed by atoms with Crippen molar-refractivity contribution in [2.24, 2.45) is 0 Å². The van der Waals surface area contributed by atoms with Gasteiger partial charge < -0.3 is 15.0 Å². The van der Waals surface area contributed by atoms with Crippen LogP contribution in [-0.2, 0) is 11.2 Å². The average Bonchev–Trinajstić information content (AvgIpc) is 2.47. The van der Waals surface area contributed by atoms with Gasteiger partial charge in [-0.05, 0) is 25.5 Å². The van der Waals surface area contributed by atoms with Gasteiger partial charge in [0, 0.05) is 30.9 Å². The Bertz CT molecular complexity index is 442. The Balaban J connectivity index is 2.21. The number of amides is 1. The van der Waals surface area contributed by atoms with Crippen molar-refractivity contribution in [2.45, 2.75) is 20.3 Å². The molecule has 1 amide bonds. The fourth-order valence-electron chi connectivity index (χ4n) is 2.11. The van der Waals surface area contributed by atoms with Crippen LogP contribution in [0.5, 0.6) is 0 Å². The second-order valence-electron chi connectivity index (χ2n) is 4.52. The Kier molecular flexibility index (Phi) is 4.74. The summed E-state index contributed by atoms with van der Waals surface area (Å²) in [5, 5.41) is 3.17. The maximum atomic E-state index is 12.4. The zero-order valence-corrected chi connectivity index (χ0v) is 11.6. The van der Waals surface area contributed by atoms with Crippen molar-refractivity contribution in [1.82, 2.24) is 9.88 Å². The van der Waals surface area contributed by atoms with E-state index in [1.54, 1.807) is 0 Å². The third-order valence-corrected chi connectivity index (χ3v) is 3.14. The quantitative estimate of drug-likeness (QED) is 0.895. The van der Waals surface area contributed by atoms with Crippen molar-refractivity contribution in [1.29, 1.82) is 0 Å². The first-order chi connectivity index (χ1) is 9.24. The molecule has 5 heteroatoms. The predicted molar refractivity (Wildman–Crippen MR) is 74.5 cm³/mol. The molecule has 19 heavy (non-hydrogen) atoms. The number of nitrogens with zero attached hydrogens (tertiary/aromatic N) is 2. The van der Waals surface area contributed by atoms with E-state index >= 15 is 0 Å². The van der Waals surface area contributed by atoms with E-state index in [1.165, 1.54) is 0 Å². The predicted octanol–water partition coefficient (Wildman–Crippen LogP) is 1.55. The normalized spacial score (nSPS) is 15.4. The van der Waals surface area contributed by atoms with Crippen molar-refractivity contribution in [3.05, 3.63) is 23.4 Å². The molecule has 1 aromatic heterocycles. The summed E-state index contributed by atoms with van der Waals surface area (Å²) in [5.74, 6) is 0.845. The number of nitrogens with one attached hydrogen (secondary N) is 1. The number of rotatable bonds is 4. The van der Waals surface area contributed by atoms with Crippen LogP contribution in [0.1, 0.15) is 29.9 Å². The fraction of sp³-hybridized carbons (Fsp3) is 0.571. The summed E-state index contributed by atoms with van der Waals surface area (Å²) in [6.45, 7) is 7.43.